The van der Waals surface area contributed by atoms with E-state index in [-0.39, 0.29) is 46.6 Å². The first-order valence-electron chi connectivity index (χ1n) is 21.9. The van der Waals surface area contributed by atoms with Crippen molar-refractivity contribution in [2.75, 3.05) is 6.61 Å². The minimum atomic E-state index is -2.45. The number of rotatable bonds is 13. The lowest BCUT2D eigenvalue weighted by atomic mass is 9.44. The molecule has 3 aliphatic carbocycles. The zero-order valence-electron chi connectivity index (χ0n) is 38.0. The molecular formula is C51H55NO15. The molecule has 0 aromatic heterocycles. The Balaban J connectivity index is 1.40. The molecule has 1 aliphatic heterocycles. The minimum Gasteiger partial charge on any atom is -0.465 e. The standard InChI is InChI=1S/C51H55NO15/c1-8-24-62-33-23-17-16-22-32(33)39(52-45(58)30-18-12-10-13-19-30)40(56)47(60)65-34-26-51(61)44(66-46(59)31-20-14-11-15-21-31)42-49(7,35(54)25-36-50(42,27-63-36)67-37(55)9-2)43(57)41(64-29(4)53)38(28(34)3)48(51,5)6/h8-24,34-36,39-42,44,54,56,61H,2,25-27H2,1,3-7H3,(H,52,58)/t34-,35-,36+,39-,40+,41+,42?,44-,49+,50-,51+/m0/s1. The summed E-state index contributed by atoms with van der Waals surface area (Å²) in [6.45, 7) is 11.9. The number of hydrogen-bond donors (Lipinski definition) is 4. The maximum Gasteiger partial charge on any atom is 0.338 e. The van der Waals surface area contributed by atoms with E-state index in [2.05, 4.69) is 11.9 Å². The molecule has 1 heterocycles. The molecule has 3 aromatic rings. The molecule has 16 nitrogen and oxygen atoms in total. The van der Waals surface area contributed by atoms with Crippen LogP contribution in [0, 0.1) is 16.7 Å². The van der Waals surface area contributed by atoms with E-state index in [0.29, 0.717) is 0 Å². The molecule has 2 saturated carbocycles. The van der Waals surface area contributed by atoms with E-state index in [9.17, 15) is 39.3 Å². The largest absolute Gasteiger partial charge is 0.465 e. The van der Waals surface area contributed by atoms with E-state index in [0.717, 1.165) is 13.0 Å². The van der Waals surface area contributed by atoms with Crippen LogP contribution in [0.5, 0.6) is 5.75 Å². The second-order valence-corrected chi connectivity index (χ2v) is 18.1. The van der Waals surface area contributed by atoms with Crippen LogP contribution in [0.1, 0.15) is 86.7 Å². The molecule has 354 valence electrons. The second kappa shape index (κ2) is 18.7. The van der Waals surface area contributed by atoms with Gasteiger partial charge in [-0.1, -0.05) is 81.1 Å². The van der Waals surface area contributed by atoms with E-state index in [1.54, 1.807) is 99.6 Å². The number of nitrogens with one attached hydrogen (secondary N) is 1. The topological polar surface area (TPSA) is 231 Å². The van der Waals surface area contributed by atoms with Gasteiger partial charge in [0, 0.05) is 42.4 Å². The average molecular weight is 922 g/mol. The van der Waals surface area contributed by atoms with Gasteiger partial charge in [0.1, 0.15) is 29.7 Å². The first kappa shape index (κ1) is 48.5. The van der Waals surface area contributed by atoms with Crippen molar-refractivity contribution in [2.24, 2.45) is 16.7 Å². The summed E-state index contributed by atoms with van der Waals surface area (Å²) in [4.78, 5) is 84.7. The van der Waals surface area contributed by atoms with Crippen LogP contribution in [0.3, 0.4) is 0 Å². The molecular weight excluding hydrogens is 867 g/mol. The fourth-order valence-corrected chi connectivity index (χ4v) is 10.5. The molecule has 1 saturated heterocycles. The Kier molecular flexibility index (Phi) is 13.5. The van der Waals surface area contributed by atoms with Gasteiger partial charge in [-0.3, -0.25) is 14.4 Å². The molecule has 16 heteroatoms. The maximum absolute atomic E-state index is 15.6. The Labute approximate surface area is 387 Å². The molecule has 4 N–H and O–H groups in total. The van der Waals surface area contributed by atoms with Crippen LogP contribution in [0.4, 0.5) is 0 Å². The lowest BCUT2D eigenvalue weighted by Gasteiger charge is -2.67. The van der Waals surface area contributed by atoms with E-state index >= 15 is 4.79 Å². The Morgan fingerprint density at radius 1 is 0.910 bits per heavy atom. The number of carbonyl (C=O) groups is 6. The summed E-state index contributed by atoms with van der Waals surface area (Å²) in [7, 11) is 0. The number of aliphatic hydroxyl groups is 3. The van der Waals surface area contributed by atoms with Gasteiger partial charge in [-0.05, 0) is 62.2 Å². The Hall–Kier alpha value is -6.46. The van der Waals surface area contributed by atoms with Crippen LogP contribution in [0.15, 0.2) is 121 Å². The van der Waals surface area contributed by atoms with Crippen LogP contribution in [-0.2, 0) is 42.9 Å². The fourth-order valence-electron chi connectivity index (χ4n) is 10.5. The van der Waals surface area contributed by atoms with Crippen molar-refractivity contribution >= 4 is 35.6 Å². The summed E-state index contributed by atoms with van der Waals surface area (Å²) in [6.07, 6.45) is -7.11. The van der Waals surface area contributed by atoms with Gasteiger partial charge >= 0.3 is 23.9 Å². The average Bonchev–Trinajstić information content (AvgIpc) is 3.31. The highest BCUT2D eigenvalue weighted by Gasteiger charge is 2.78. The number of carbonyl (C=O) groups excluding carboxylic acids is 6. The van der Waals surface area contributed by atoms with Gasteiger partial charge in [-0.25, -0.2) is 14.4 Å². The SMILES string of the molecule is C=CC(=O)O[C@@]12CO[C@@H]1C[C@H](O)[C@@]1(C)C(=O)[C@H](OC(C)=O)C3=C(C)[C@@H](OC(=O)[C@H](O)[C@@H](NC(=O)c4ccccc4)c4ccccc4OC=CC)C[C@@](O)([C@@H](OC(=O)c4ccccc4)C12)C3(C)C. The molecule has 7 rings (SSSR count). The molecule has 3 aromatic carbocycles. The second-order valence-electron chi connectivity index (χ2n) is 18.1. The highest BCUT2D eigenvalue weighted by Crippen LogP contribution is 2.64. The van der Waals surface area contributed by atoms with E-state index in [1.165, 1.54) is 32.2 Å². The summed E-state index contributed by atoms with van der Waals surface area (Å²) < 4.78 is 36.3. The van der Waals surface area contributed by atoms with Gasteiger partial charge in [0.25, 0.3) is 5.91 Å². The lowest BCUT2D eigenvalue weighted by molar-refractivity contribution is -0.345. The number of benzene rings is 3. The number of ether oxygens (including phenoxy) is 6. The zero-order valence-corrected chi connectivity index (χ0v) is 38.0. The molecule has 11 atom stereocenters. The van der Waals surface area contributed by atoms with Crippen molar-refractivity contribution in [3.63, 3.8) is 0 Å². The highest BCUT2D eigenvalue weighted by molar-refractivity contribution is 5.96. The predicted octanol–water partition coefficient (Wildman–Crippen LogP) is 4.81. The van der Waals surface area contributed by atoms with Crippen molar-refractivity contribution in [3.8, 4) is 5.75 Å². The summed E-state index contributed by atoms with van der Waals surface area (Å²) in [5, 5.41) is 40.8. The summed E-state index contributed by atoms with van der Waals surface area (Å²) in [6, 6.07) is 20.8. The van der Waals surface area contributed by atoms with Crippen molar-refractivity contribution in [3.05, 3.63) is 138 Å². The lowest BCUT2D eigenvalue weighted by Crippen LogP contribution is -2.82. The van der Waals surface area contributed by atoms with Gasteiger partial charge in [-0.15, -0.1) is 0 Å². The number of esters is 4. The van der Waals surface area contributed by atoms with Crippen molar-refractivity contribution in [1.82, 2.24) is 5.32 Å². The van der Waals surface area contributed by atoms with Gasteiger partial charge < -0.3 is 49.1 Å². The van der Waals surface area contributed by atoms with Gasteiger partial charge in [-0.2, -0.15) is 0 Å². The van der Waals surface area contributed by atoms with Crippen LogP contribution >= 0.6 is 0 Å². The molecule has 1 amide bonds. The van der Waals surface area contributed by atoms with Crippen LogP contribution in [-0.4, -0.2) is 105 Å². The maximum atomic E-state index is 15.6. The number of amides is 1. The van der Waals surface area contributed by atoms with Crippen LogP contribution < -0.4 is 10.1 Å². The smallest absolute Gasteiger partial charge is 0.338 e. The Morgan fingerprint density at radius 2 is 1.54 bits per heavy atom. The van der Waals surface area contributed by atoms with Crippen molar-refractivity contribution in [1.29, 1.82) is 0 Å². The van der Waals surface area contributed by atoms with Crippen molar-refractivity contribution < 1.29 is 72.5 Å². The minimum absolute atomic E-state index is 0.0375. The number of para-hydroxylation sites is 1. The van der Waals surface area contributed by atoms with Crippen LogP contribution in [0.25, 0.3) is 0 Å². The molecule has 0 radical (unpaired) electrons. The third-order valence-electron chi connectivity index (χ3n) is 14.0. The van der Waals surface area contributed by atoms with Gasteiger partial charge in [0.15, 0.2) is 23.6 Å². The monoisotopic (exact) mass is 921 g/mol. The Morgan fingerprint density at radius 3 is 2.13 bits per heavy atom. The zero-order chi connectivity index (χ0) is 48.6. The fraction of sp³-hybridized carbons (Fsp3) is 0.412. The molecule has 1 unspecified atom stereocenters. The highest BCUT2D eigenvalue weighted by atomic mass is 16.6. The molecule has 3 fully saturated rings. The third kappa shape index (κ3) is 8.36. The predicted molar refractivity (Wildman–Crippen MR) is 238 cm³/mol. The quantitative estimate of drug-likeness (QED) is 0.0593. The van der Waals surface area contributed by atoms with E-state index in [4.69, 9.17) is 28.4 Å². The van der Waals surface area contributed by atoms with Crippen LogP contribution in [0.2, 0.25) is 0 Å². The van der Waals surface area contributed by atoms with Crippen molar-refractivity contribution in [2.45, 2.75) is 108 Å². The Bertz CT molecular complexity index is 2500. The van der Waals surface area contributed by atoms with E-state index in [1.807, 2.05) is 0 Å². The number of aliphatic hydroxyl groups excluding tert-OH is 2. The van der Waals surface area contributed by atoms with Gasteiger partial charge in [0.05, 0.1) is 41.9 Å². The number of allylic oxidation sites excluding steroid dienone is 1. The number of hydrogen-bond acceptors (Lipinski definition) is 15. The summed E-state index contributed by atoms with van der Waals surface area (Å²) in [5.74, 6) is -7.09. The van der Waals surface area contributed by atoms with E-state index < -0.39 is 113 Å². The first-order chi connectivity index (χ1) is 31.8. The molecule has 67 heavy (non-hydrogen) atoms. The van der Waals surface area contributed by atoms with Gasteiger partial charge in [0.2, 0.25) is 0 Å². The molecule has 0 spiro atoms. The third-order valence-corrected chi connectivity index (χ3v) is 14.0. The number of Topliss-reactive ketones (excluding diaryl/α,β-unsaturated/α-hetero) is 1. The normalized spacial score (nSPS) is 30.4. The molecule has 4 aliphatic rings. The number of ketones is 1. The molecule has 2 bridgehead atoms. The summed E-state index contributed by atoms with van der Waals surface area (Å²) >= 11 is 0. The first-order valence-corrected chi connectivity index (χ1v) is 21.9. The number of fused-ring (bicyclic) bond motifs is 5. The summed E-state index contributed by atoms with van der Waals surface area (Å²) in [5.41, 5.74) is -7.59.